The molecule has 0 amide bonds. The van der Waals surface area contributed by atoms with E-state index in [-0.39, 0.29) is 0 Å². The molecule has 1 aromatic heterocycles. The Bertz CT molecular complexity index is 647. The lowest BCUT2D eigenvalue weighted by Gasteiger charge is -2.22. The first kappa shape index (κ1) is 13.9. The fourth-order valence-electron chi connectivity index (χ4n) is 2.91. The van der Waals surface area contributed by atoms with E-state index >= 15 is 0 Å². The van der Waals surface area contributed by atoms with Crippen molar-refractivity contribution in [3.8, 4) is 0 Å². The van der Waals surface area contributed by atoms with Gasteiger partial charge in [-0.25, -0.2) is 9.97 Å². The molecule has 0 fully saturated rings. The number of aryl methyl sites for hydroxylation is 2. The second-order valence-corrected chi connectivity index (χ2v) is 5.84. The Labute approximate surface area is 126 Å². The molecule has 4 nitrogen and oxygen atoms in total. The average molecular weight is 282 g/mol. The molecule has 0 unspecified atom stereocenters. The predicted molar refractivity (Wildman–Crippen MR) is 87.6 cm³/mol. The van der Waals surface area contributed by atoms with E-state index in [1.165, 1.54) is 23.4 Å². The van der Waals surface area contributed by atoms with E-state index in [0.717, 1.165) is 30.2 Å². The van der Waals surface area contributed by atoms with E-state index in [1.54, 1.807) is 0 Å². The molecule has 4 heteroatoms. The van der Waals surface area contributed by atoms with Gasteiger partial charge in [0.05, 0.1) is 0 Å². The summed E-state index contributed by atoms with van der Waals surface area (Å²) in [5.41, 5.74) is 4.91. The summed E-state index contributed by atoms with van der Waals surface area (Å²) in [5, 5.41) is 0. The normalized spacial score (nSPS) is 13.1. The lowest BCUT2D eigenvalue weighted by atomic mass is 10.2. The Balaban J connectivity index is 1.97. The minimum absolute atomic E-state index is 0.863. The van der Waals surface area contributed by atoms with Crippen molar-refractivity contribution in [3.63, 3.8) is 0 Å². The van der Waals surface area contributed by atoms with Crippen LogP contribution in [0.2, 0.25) is 0 Å². The number of anilines is 3. The number of rotatable bonds is 3. The number of benzene rings is 1. The minimum Gasteiger partial charge on any atom is -0.378 e. The van der Waals surface area contributed by atoms with Gasteiger partial charge in [-0.3, -0.25) is 0 Å². The van der Waals surface area contributed by atoms with Gasteiger partial charge in [-0.05, 0) is 50.5 Å². The van der Waals surface area contributed by atoms with Gasteiger partial charge >= 0.3 is 0 Å². The summed E-state index contributed by atoms with van der Waals surface area (Å²) in [4.78, 5) is 13.6. The van der Waals surface area contributed by atoms with Gasteiger partial charge < -0.3 is 9.80 Å². The molecule has 1 aromatic carbocycles. The van der Waals surface area contributed by atoms with E-state index in [2.05, 4.69) is 65.2 Å². The third-order valence-electron chi connectivity index (χ3n) is 4.09. The lowest BCUT2D eigenvalue weighted by molar-refractivity contribution is 0.895. The van der Waals surface area contributed by atoms with Gasteiger partial charge in [-0.2, -0.15) is 0 Å². The Morgan fingerprint density at radius 3 is 2.24 bits per heavy atom. The molecule has 3 rings (SSSR count). The molecular weight excluding hydrogens is 260 g/mol. The van der Waals surface area contributed by atoms with Crippen molar-refractivity contribution >= 4 is 17.2 Å². The second kappa shape index (κ2) is 5.35. The molecule has 0 aliphatic heterocycles. The highest BCUT2D eigenvalue weighted by Crippen LogP contribution is 2.32. The van der Waals surface area contributed by atoms with E-state index in [9.17, 15) is 0 Å². The molecule has 0 atom stereocenters. The van der Waals surface area contributed by atoms with Crippen molar-refractivity contribution in [2.45, 2.75) is 26.2 Å². The van der Waals surface area contributed by atoms with Gasteiger partial charge in [-0.1, -0.05) is 0 Å². The predicted octanol–water partition coefficient (Wildman–Crippen LogP) is 3.11. The molecule has 0 bridgehead atoms. The van der Waals surface area contributed by atoms with Crippen LogP contribution in [-0.2, 0) is 12.8 Å². The number of aromatic nitrogens is 2. The quantitative estimate of drug-likeness (QED) is 0.866. The van der Waals surface area contributed by atoms with Crippen molar-refractivity contribution < 1.29 is 0 Å². The summed E-state index contributed by atoms with van der Waals surface area (Å²) in [7, 11) is 6.20. The first-order valence-electron chi connectivity index (χ1n) is 7.44. The molecular formula is C17H22N4. The van der Waals surface area contributed by atoms with Crippen LogP contribution < -0.4 is 9.80 Å². The third-order valence-corrected chi connectivity index (χ3v) is 4.09. The lowest BCUT2D eigenvalue weighted by Crippen LogP contribution is -2.15. The van der Waals surface area contributed by atoms with Crippen LogP contribution in [0.15, 0.2) is 24.3 Å². The summed E-state index contributed by atoms with van der Waals surface area (Å²) in [6.45, 7) is 1.98. The van der Waals surface area contributed by atoms with Gasteiger partial charge in [0.15, 0.2) is 0 Å². The summed E-state index contributed by atoms with van der Waals surface area (Å²) >= 11 is 0. The molecule has 0 spiro atoms. The Morgan fingerprint density at radius 2 is 1.57 bits per heavy atom. The molecule has 2 aromatic rings. The van der Waals surface area contributed by atoms with Gasteiger partial charge in [0.2, 0.25) is 0 Å². The fraction of sp³-hybridized carbons (Fsp3) is 0.412. The third kappa shape index (κ3) is 2.58. The number of hydrogen-bond donors (Lipinski definition) is 0. The SMILES string of the molecule is Cc1nc2c(c(N(C)c3ccc(N(C)C)cc3)n1)CCC2. The standard InChI is InChI=1S/C17H22N4/c1-12-18-16-7-5-6-15(16)17(19-12)21(4)14-10-8-13(9-11-14)20(2)3/h8-11H,5-7H2,1-4H3. The van der Waals surface area contributed by atoms with Crippen LogP contribution in [0, 0.1) is 6.92 Å². The fourth-order valence-corrected chi connectivity index (χ4v) is 2.91. The van der Waals surface area contributed by atoms with E-state index < -0.39 is 0 Å². The van der Waals surface area contributed by atoms with Gasteiger partial charge in [0.1, 0.15) is 11.6 Å². The maximum atomic E-state index is 4.68. The molecule has 0 saturated carbocycles. The van der Waals surface area contributed by atoms with Crippen molar-refractivity contribution in [2.24, 2.45) is 0 Å². The van der Waals surface area contributed by atoms with Crippen LogP contribution >= 0.6 is 0 Å². The molecule has 1 heterocycles. The van der Waals surface area contributed by atoms with Crippen LogP contribution in [0.4, 0.5) is 17.2 Å². The summed E-state index contributed by atoms with van der Waals surface area (Å²) in [6, 6.07) is 8.57. The molecule has 110 valence electrons. The molecule has 0 saturated heterocycles. The maximum absolute atomic E-state index is 4.68. The van der Waals surface area contributed by atoms with Gasteiger partial charge in [-0.15, -0.1) is 0 Å². The van der Waals surface area contributed by atoms with Crippen LogP contribution in [0.25, 0.3) is 0 Å². The Hall–Kier alpha value is -2.10. The van der Waals surface area contributed by atoms with Crippen LogP contribution in [0.3, 0.4) is 0 Å². The Kier molecular flexibility index (Phi) is 3.53. The highest BCUT2D eigenvalue weighted by Gasteiger charge is 2.21. The monoisotopic (exact) mass is 282 g/mol. The summed E-state index contributed by atoms with van der Waals surface area (Å²) in [6.07, 6.45) is 3.36. The van der Waals surface area contributed by atoms with E-state index in [0.29, 0.717) is 0 Å². The number of hydrogen-bond acceptors (Lipinski definition) is 4. The molecule has 1 aliphatic carbocycles. The second-order valence-electron chi connectivity index (χ2n) is 5.84. The first-order chi connectivity index (χ1) is 10.1. The van der Waals surface area contributed by atoms with Crippen LogP contribution in [0.5, 0.6) is 0 Å². The van der Waals surface area contributed by atoms with Crippen molar-refractivity contribution in [1.29, 1.82) is 0 Å². The molecule has 21 heavy (non-hydrogen) atoms. The highest BCUT2D eigenvalue weighted by atomic mass is 15.2. The van der Waals surface area contributed by atoms with E-state index in [4.69, 9.17) is 0 Å². The average Bonchev–Trinajstić information content (AvgIpc) is 2.93. The first-order valence-corrected chi connectivity index (χ1v) is 7.44. The van der Waals surface area contributed by atoms with E-state index in [1.807, 2.05) is 6.92 Å². The van der Waals surface area contributed by atoms with Crippen molar-refractivity contribution in [3.05, 3.63) is 41.3 Å². The number of nitrogens with zero attached hydrogens (tertiary/aromatic N) is 4. The maximum Gasteiger partial charge on any atom is 0.139 e. The molecule has 0 N–H and O–H groups in total. The minimum atomic E-state index is 0.863. The topological polar surface area (TPSA) is 32.3 Å². The number of fused-ring (bicyclic) bond motifs is 1. The highest BCUT2D eigenvalue weighted by molar-refractivity contribution is 5.65. The van der Waals surface area contributed by atoms with Gasteiger partial charge in [0.25, 0.3) is 0 Å². The molecule has 0 radical (unpaired) electrons. The summed E-state index contributed by atoms with van der Waals surface area (Å²) < 4.78 is 0. The Morgan fingerprint density at radius 1 is 0.905 bits per heavy atom. The zero-order chi connectivity index (χ0) is 15.0. The zero-order valence-electron chi connectivity index (χ0n) is 13.2. The smallest absolute Gasteiger partial charge is 0.139 e. The van der Waals surface area contributed by atoms with Crippen molar-refractivity contribution in [1.82, 2.24) is 9.97 Å². The van der Waals surface area contributed by atoms with Gasteiger partial charge in [0, 0.05) is 43.8 Å². The largest absolute Gasteiger partial charge is 0.378 e. The van der Waals surface area contributed by atoms with Crippen LogP contribution in [0.1, 0.15) is 23.5 Å². The summed E-state index contributed by atoms with van der Waals surface area (Å²) in [5.74, 6) is 1.93. The molecule has 1 aliphatic rings. The zero-order valence-corrected chi connectivity index (χ0v) is 13.2. The van der Waals surface area contributed by atoms with Crippen LogP contribution in [-0.4, -0.2) is 31.1 Å². The van der Waals surface area contributed by atoms with Crippen molar-refractivity contribution in [2.75, 3.05) is 30.9 Å².